The van der Waals surface area contributed by atoms with Crippen molar-refractivity contribution < 1.29 is 9.32 Å². The van der Waals surface area contributed by atoms with Crippen LogP contribution in [0.15, 0.2) is 27.6 Å². The first-order chi connectivity index (χ1) is 11.5. The number of hydrogen-bond donors (Lipinski definition) is 1. The number of carbonyl (C=O) groups is 1. The number of nitrogens with one attached hydrogen (secondary N) is 1. The molecule has 1 saturated carbocycles. The molecule has 24 heavy (non-hydrogen) atoms. The third-order valence-electron chi connectivity index (χ3n) is 4.04. The van der Waals surface area contributed by atoms with E-state index in [4.69, 9.17) is 27.7 Å². The summed E-state index contributed by atoms with van der Waals surface area (Å²) in [6.45, 7) is 1.75. The maximum Gasteiger partial charge on any atom is 0.231 e. The Morgan fingerprint density at radius 3 is 2.79 bits per heavy atom. The minimum atomic E-state index is -0.520. The fourth-order valence-corrected chi connectivity index (χ4v) is 4.20. The van der Waals surface area contributed by atoms with E-state index in [9.17, 15) is 4.79 Å². The molecule has 1 aromatic carbocycles. The molecular formula is C16H17Cl2N3O2S. The van der Waals surface area contributed by atoms with Crippen LogP contribution >= 0.6 is 35.0 Å². The molecule has 0 saturated heterocycles. The van der Waals surface area contributed by atoms with Gasteiger partial charge < -0.3 is 9.84 Å². The van der Waals surface area contributed by atoms with Crippen LogP contribution in [0.4, 0.5) is 0 Å². The van der Waals surface area contributed by atoms with Crippen LogP contribution in [0.1, 0.15) is 37.4 Å². The minimum Gasteiger partial charge on any atom is -0.342 e. The molecule has 2 aromatic rings. The number of aryl methyl sites for hydroxylation is 1. The van der Waals surface area contributed by atoms with Gasteiger partial charge in [-0.15, -0.1) is 11.8 Å². The third kappa shape index (κ3) is 3.87. The van der Waals surface area contributed by atoms with Crippen LogP contribution < -0.4 is 5.32 Å². The Bertz CT molecular complexity index is 745. The lowest BCUT2D eigenvalue weighted by Gasteiger charge is -2.26. The zero-order valence-corrected chi connectivity index (χ0v) is 15.5. The molecule has 0 unspecified atom stereocenters. The summed E-state index contributed by atoms with van der Waals surface area (Å²) in [6, 6.07) is 5.21. The molecule has 0 aliphatic heterocycles. The molecule has 0 spiro atoms. The van der Waals surface area contributed by atoms with Crippen LogP contribution in [-0.2, 0) is 10.3 Å². The molecular weight excluding hydrogens is 369 g/mol. The van der Waals surface area contributed by atoms with E-state index in [1.165, 1.54) is 11.8 Å². The van der Waals surface area contributed by atoms with Crippen LogP contribution in [0.5, 0.6) is 0 Å². The van der Waals surface area contributed by atoms with Gasteiger partial charge in [-0.2, -0.15) is 4.98 Å². The summed E-state index contributed by atoms with van der Waals surface area (Å²) >= 11 is 13.5. The largest absolute Gasteiger partial charge is 0.342 e. The number of benzene rings is 1. The van der Waals surface area contributed by atoms with Gasteiger partial charge in [0.25, 0.3) is 0 Å². The fraction of sp³-hybridized carbons (Fsp3) is 0.438. The van der Waals surface area contributed by atoms with Crippen molar-refractivity contribution in [1.29, 1.82) is 0 Å². The molecule has 128 valence electrons. The molecule has 0 radical (unpaired) electrons. The molecule has 1 amide bonds. The Morgan fingerprint density at radius 1 is 1.38 bits per heavy atom. The van der Waals surface area contributed by atoms with Gasteiger partial charge in [0.15, 0.2) is 5.82 Å². The number of rotatable bonds is 5. The number of halogens is 2. The molecule has 0 bridgehead atoms. The van der Waals surface area contributed by atoms with Crippen molar-refractivity contribution in [2.75, 3.05) is 5.75 Å². The van der Waals surface area contributed by atoms with E-state index in [1.807, 2.05) is 0 Å². The second kappa shape index (κ2) is 7.33. The lowest BCUT2D eigenvalue weighted by molar-refractivity contribution is -0.120. The molecule has 5 nitrogen and oxygen atoms in total. The van der Waals surface area contributed by atoms with E-state index in [0.29, 0.717) is 21.8 Å². The molecule has 8 heteroatoms. The molecule has 1 aliphatic carbocycles. The summed E-state index contributed by atoms with van der Waals surface area (Å²) in [5.74, 6) is 1.24. The second-order valence-corrected chi connectivity index (χ2v) is 7.70. The number of nitrogens with zero attached hydrogens (tertiary/aromatic N) is 2. The number of thioether (sulfide) groups is 1. The topological polar surface area (TPSA) is 68.0 Å². The Balaban J connectivity index is 1.67. The van der Waals surface area contributed by atoms with Crippen LogP contribution in [-0.4, -0.2) is 21.8 Å². The average Bonchev–Trinajstić information content (AvgIpc) is 3.18. The fourth-order valence-electron chi connectivity index (χ4n) is 2.91. The van der Waals surface area contributed by atoms with Crippen molar-refractivity contribution in [1.82, 2.24) is 15.5 Å². The first-order valence-corrected chi connectivity index (χ1v) is 9.42. The number of hydrogen-bond acceptors (Lipinski definition) is 5. The van der Waals surface area contributed by atoms with Gasteiger partial charge in [0.05, 0.1) is 10.8 Å². The van der Waals surface area contributed by atoms with Gasteiger partial charge in [0.2, 0.25) is 11.8 Å². The molecule has 3 rings (SSSR count). The smallest absolute Gasteiger partial charge is 0.231 e. The van der Waals surface area contributed by atoms with Crippen LogP contribution in [0, 0.1) is 6.92 Å². The normalized spacial score (nSPS) is 16.3. The summed E-state index contributed by atoms with van der Waals surface area (Å²) in [7, 11) is 0. The quantitative estimate of drug-likeness (QED) is 0.774. The summed E-state index contributed by atoms with van der Waals surface area (Å²) in [5.41, 5.74) is -0.520. The highest BCUT2D eigenvalue weighted by Crippen LogP contribution is 2.37. The zero-order valence-electron chi connectivity index (χ0n) is 13.1. The van der Waals surface area contributed by atoms with Gasteiger partial charge >= 0.3 is 0 Å². The highest BCUT2D eigenvalue weighted by Gasteiger charge is 2.41. The Kier molecular flexibility index (Phi) is 5.37. The van der Waals surface area contributed by atoms with E-state index in [1.54, 1.807) is 25.1 Å². The zero-order chi connectivity index (χ0) is 17.2. The Labute approximate surface area is 154 Å². The number of aromatic nitrogens is 2. The molecule has 1 N–H and O–H groups in total. The second-order valence-electron chi connectivity index (χ2n) is 5.84. The molecule has 0 atom stereocenters. The highest BCUT2D eigenvalue weighted by atomic mass is 35.5. The Hall–Kier alpha value is -1.24. The van der Waals surface area contributed by atoms with E-state index in [2.05, 4.69) is 15.5 Å². The van der Waals surface area contributed by atoms with Crippen molar-refractivity contribution >= 4 is 40.9 Å². The maximum absolute atomic E-state index is 12.5. The monoisotopic (exact) mass is 385 g/mol. The summed E-state index contributed by atoms with van der Waals surface area (Å²) in [4.78, 5) is 17.6. The van der Waals surface area contributed by atoms with Gasteiger partial charge in [-0.05, 0) is 31.0 Å². The predicted molar refractivity (Wildman–Crippen MR) is 94.5 cm³/mol. The van der Waals surface area contributed by atoms with Gasteiger partial charge in [-0.25, -0.2) is 0 Å². The molecule has 1 heterocycles. The summed E-state index contributed by atoms with van der Waals surface area (Å²) < 4.78 is 5.09. The number of amides is 1. The van der Waals surface area contributed by atoms with Crippen molar-refractivity contribution in [3.8, 4) is 0 Å². The van der Waals surface area contributed by atoms with Gasteiger partial charge in [0.1, 0.15) is 5.54 Å². The standard InChI is InChI=1S/C16H17Cl2N3O2S/c1-10-19-15(21-23-10)16(6-2-3-7-16)20-14(22)9-24-13-8-11(17)4-5-12(13)18/h4-5,8H,2-3,6-7,9H2,1H3,(H,20,22). The minimum absolute atomic E-state index is 0.0830. The van der Waals surface area contributed by atoms with Crippen molar-refractivity contribution in [3.05, 3.63) is 40.0 Å². The van der Waals surface area contributed by atoms with Crippen molar-refractivity contribution in [2.45, 2.75) is 43.0 Å². The summed E-state index contributed by atoms with van der Waals surface area (Å²) in [5, 5.41) is 8.31. The van der Waals surface area contributed by atoms with Gasteiger partial charge in [-0.1, -0.05) is 41.2 Å². The van der Waals surface area contributed by atoms with E-state index in [0.717, 1.165) is 30.6 Å². The molecule has 1 fully saturated rings. The van der Waals surface area contributed by atoms with Gasteiger partial charge in [-0.3, -0.25) is 4.79 Å². The predicted octanol–water partition coefficient (Wildman–Crippen LogP) is 4.36. The van der Waals surface area contributed by atoms with Crippen LogP contribution in [0.3, 0.4) is 0 Å². The van der Waals surface area contributed by atoms with Crippen LogP contribution in [0.2, 0.25) is 10.0 Å². The van der Waals surface area contributed by atoms with E-state index < -0.39 is 5.54 Å². The average molecular weight is 386 g/mol. The van der Waals surface area contributed by atoms with Gasteiger partial charge in [0, 0.05) is 16.8 Å². The lowest BCUT2D eigenvalue weighted by Crippen LogP contribution is -2.45. The Morgan fingerprint density at radius 2 is 2.12 bits per heavy atom. The van der Waals surface area contributed by atoms with E-state index >= 15 is 0 Å². The first kappa shape index (κ1) is 17.6. The van der Waals surface area contributed by atoms with Crippen molar-refractivity contribution in [2.24, 2.45) is 0 Å². The van der Waals surface area contributed by atoms with Crippen molar-refractivity contribution in [3.63, 3.8) is 0 Å². The van der Waals surface area contributed by atoms with Crippen LogP contribution in [0.25, 0.3) is 0 Å². The molecule has 1 aliphatic rings. The SMILES string of the molecule is Cc1nc(C2(NC(=O)CSc3cc(Cl)ccc3Cl)CCCC2)no1. The third-order valence-corrected chi connectivity index (χ3v) is 5.78. The van der Waals surface area contributed by atoms with E-state index in [-0.39, 0.29) is 11.7 Å². The lowest BCUT2D eigenvalue weighted by atomic mass is 9.96. The first-order valence-electron chi connectivity index (χ1n) is 7.68. The summed E-state index contributed by atoms with van der Waals surface area (Å²) in [6.07, 6.45) is 3.70. The number of carbonyl (C=O) groups excluding carboxylic acids is 1. The maximum atomic E-state index is 12.5. The highest BCUT2D eigenvalue weighted by molar-refractivity contribution is 8.00. The molecule has 1 aromatic heterocycles.